The second-order valence-corrected chi connectivity index (χ2v) is 8.32. The van der Waals surface area contributed by atoms with Gasteiger partial charge < -0.3 is 19.8 Å². The predicted molar refractivity (Wildman–Crippen MR) is 104 cm³/mol. The minimum atomic E-state index is 0.279. The van der Waals surface area contributed by atoms with Crippen molar-refractivity contribution in [2.45, 2.75) is 6.92 Å². The van der Waals surface area contributed by atoms with E-state index in [1.807, 2.05) is 6.07 Å². The summed E-state index contributed by atoms with van der Waals surface area (Å²) in [6.45, 7) is 11.4. The molecule has 2 saturated heterocycles. The first-order valence-corrected chi connectivity index (χ1v) is 10.2. The summed E-state index contributed by atoms with van der Waals surface area (Å²) in [4.78, 5) is 12.3. The molecule has 0 unspecified atom stereocenters. The van der Waals surface area contributed by atoms with Gasteiger partial charge in [-0.3, -0.25) is 0 Å². The van der Waals surface area contributed by atoms with Gasteiger partial charge in [0.15, 0.2) is 5.13 Å². The van der Waals surface area contributed by atoms with Gasteiger partial charge in [0, 0.05) is 58.3 Å². The quantitative estimate of drug-likeness (QED) is 0.883. The van der Waals surface area contributed by atoms with E-state index in [2.05, 4.69) is 39.8 Å². The fourth-order valence-electron chi connectivity index (χ4n) is 4.12. The van der Waals surface area contributed by atoms with Crippen molar-refractivity contribution in [2.75, 3.05) is 63.9 Å². The highest BCUT2D eigenvalue weighted by Crippen LogP contribution is 2.34. The van der Waals surface area contributed by atoms with E-state index < -0.39 is 0 Å². The fourth-order valence-corrected chi connectivity index (χ4v) is 5.11. The summed E-state index contributed by atoms with van der Waals surface area (Å²) < 4.78 is 1.25. The van der Waals surface area contributed by atoms with Crippen LogP contribution in [0, 0.1) is 11.8 Å². The number of hydrogen-bond acceptors (Lipinski definition) is 6. The van der Waals surface area contributed by atoms with Crippen LogP contribution in [0.5, 0.6) is 0 Å². The van der Waals surface area contributed by atoms with Crippen molar-refractivity contribution in [1.29, 1.82) is 0 Å². The lowest BCUT2D eigenvalue weighted by atomic mass is 9.96. The van der Waals surface area contributed by atoms with E-state index in [0.29, 0.717) is 11.8 Å². The summed E-state index contributed by atoms with van der Waals surface area (Å²) in [5, 5.41) is 11.0. The SMILES string of the molecule is CCN1CCN(C[C@@H]2CN(c3nc4ccccc4s3)C[C@@H]2CO)CC1. The highest BCUT2D eigenvalue weighted by Gasteiger charge is 2.35. The van der Waals surface area contributed by atoms with Crippen molar-refractivity contribution in [3.8, 4) is 0 Å². The molecule has 0 amide bonds. The maximum Gasteiger partial charge on any atom is 0.186 e. The van der Waals surface area contributed by atoms with Gasteiger partial charge in [-0.25, -0.2) is 4.98 Å². The van der Waals surface area contributed by atoms with Gasteiger partial charge in [-0.2, -0.15) is 0 Å². The molecule has 1 aromatic heterocycles. The maximum absolute atomic E-state index is 9.88. The Morgan fingerprint density at radius 1 is 1.08 bits per heavy atom. The largest absolute Gasteiger partial charge is 0.396 e. The summed E-state index contributed by atoms with van der Waals surface area (Å²) in [6.07, 6.45) is 0. The lowest BCUT2D eigenvalue weighted by Gasteiger charge is -2.36. The molecule has 6 heteroatoms. The molecule has 2 aliphatic heterocycles. The number of rotatable bonds is 5. The van der Waals surface area contributed by atoms with Crippen molar-refractivity contribution >= 4 is 26.7 Å². The van der Waals surface area contributed by atoms with Gasteiger partial charge in [-0.05, 0) is 24.6 Å². The van der Waals surface area contributed by atoms with E-state index in [-0.39, 0.29) is 6.61 Å². The molecular weight excluding hydrogens is 332 g/mol. The van der Waals surface area contributed by atoms with Gasteiger partial charge in [0.2, 0.25) is 0 Å². The van der Waals surface area contributed by atoms with Crippen molar-refractivity contribution < 1.29 is 5.11 Å². The van der Waals surface area contributed by atoms with E-state index in [1.54, 1.807) is 11.3 Å². The Morgan fingerprint density at radius 3 is 2.52 bits per heavy atom. The average Bonchev–Trinajstić information content (AvgIpc) is 3.26. The highest BCUT2D eigenvalue weighted by molar-refractivity contribution is 7.22. The monoisotopic (exact) mass is 360 g/mol. The standard InChI is InChI=1S/C19H28N4OS/c1-2-21-7-9-22(10-8-21)11-15-12-23(13-16(15)14-24)19-20-17-5-3-4-6-18(17)25-19/h3-6,15-16,24H,2,7-14H2,1H3/t15-,16-/m1/s1. The molecule has 2 atom stereocenters. The molecule has 0 radical (unpaired) electrons. The fraction of sp³-hybridized carbons (Fsp3) is 0.632. The number of aliphatic hydroxyl groups is 1. The second-order valence-electron chi connectivity index (χ2n) is 7.31. The number of piperazine rings is 1. The van der Waals surface area contributed by atoms with E-state index in [1.165, 1.54) is 17.8 Å². The zero-order valence-corrected chi connectivity index (χ0v) is 15.8. The van der Waals surface area contributed by atoms with E-state index in [9.17, 15) is 5.11 Å². The van der Waals surface area contributed by atoms with Crippen LogP contribution in [0.25, 0.3) is 10.2 Å². The van der Waals surface area contributed by atoms with Gasteiger partial charge >= 0.3 is 0 Å². The molecule has 1 N–H and O–H groups in total. The molecule has 4 rings (SSSR count). The number of benzene rings is 1. The Kier molecular flexibility index (Phi) is 5.22. The van der Waals surface area contributed by atoms with Gasteiger partial charge in [-0.15, -0.1) is 0 Å². The van der Waals surface area contributed by atoms with Crippen LogP contribution >= 0.6 is 11.3 Å². The molecule has 25 heavy (non-hydrogen) atoms. The number of aliphatic hydroxyl groups excluding tert-OH is 1. The van der Waals surface area contributed by atoms with Gasteiger partial charge in [-0.1, -0.05) is 30.4 Å². The van der Waals surface area contributed by atoms with Crippen LogP contribution in [0.2, 0.25) is 0 Å². The topological polar surface area (TPSA) is 42.8 Å². The number of para-hydroxylation sites is 1. The molecule has 3 heterocycles. The molecule has 2 fully saturated rings. The van der Waals surface area contributed by atoms with Crippen LogP contribution in [0.15, 0.2) is 24.3 Å². The Labute approximate surface area is 153 Å². The van der Waals surface area contributed by atoms with Gasteiger partial charge in [0.25, 0.3) is 0 Å². The molecule has 1 aromatic carbocycles. The van der Waals surface area contributed by atoms with Crippen molar-refractivity contribution in [2.24, 2.45) is 11.8 Å². The molecule has 5 nitrogen and oxygen atoms in total. The van der Waals surface area contributed by atoms with Gasteiger partial charge in [0.05, 0.1) is 10.2 Å². The molecule has 0 bridgehead atoms. The zero-order valence-electron chi connectivity index (χ0n) is 15.0. The predicted octanol–water partition coefficient (Wildman–Crippen LogP) is 1.98. The number of fused-ring (bicyclic) bond motifs is 1. The third-order valence-electron chi connectivity index (χ3n) is 5.77. The zero-order chi connectivity index (χ0) is 17.2. The van der Waals surface area contributed by atoms with Gasteiger partial charge in [0.1, 0.15) is 0 Å². The minimum absolute atomic E-state index is 0.279. The Morgan fingerprint density at radius 2 is 1.80 bits per heavy atom. The smallest absolute Gasteiger partial charge is 0.186 e. The molecule has 0 spiro atoms. The normalized spacial score (nSPS) is 25.9. The average molecular weight is 361 g/mol. The Hall–Kier alpha value is -1.21. The summed E-state index contributed by atoms with van der Waals surface area (Å²) in [7, 11) is 0. The highest BCUT2D eigenvalue weighted by atomic mass is 32.1. The summed E-state index contributed by atoms with van der Waals surface area (Å²) >= 11 is 1.77. The molecular formula is C19H28N4OS. The van der Waals surface area contributed by atoms with Crippen LogP contribution < -0.4 is 4.90 Å². The summed E-state index contributed by atoms with van der Waals surface area (Å²) in [5.74, 6) is 0.890. The van der Waals surface area contributed by atoms with Crippen LogP contribution in [-0.4, -0.2) is 78.9 Å². The number of likely N-dealkylation sites (N-methyl/N-ethyl adjacent to an activating group) is 1. The Bertz CT molecular complexity index is 665. The third kappa shape index (κ3) is 3.67. The maximum atomic E-state index is 9.88. The van der Waals surface area contributed by atoms with Crippen LogP contribution in [-0.2, 0) is 0 Å². The van der Waals surface area contributed by atoms with Crippen molar-refractivity contribution in [3.63, 3.8) is 0 Å². The molecule has 0 aliphatic carbocycles. The molecule has 136 valence electrons. The number of hydrogen-bond donors (Lipinski definition) is 1. The molecule has 2 aliphatic rings. The minimum Gasteiger partial charge on any atom is -0.396 e. The third-order valence-corrected chi connectivity index (χ3v) is 6.87. The number of thiazole rings is 1. The number of anilines is 1. The lowest BCUT2D eigenvalue weighted by molar-refractivity contribution is 0.106. The number of aromatic nitrogens is 1. The van der Waals surface area contributed by atoms with Crippen LogP contribution in [0.3, 0.4) is 0 Å². The van der Waals surface area contributed by atoms with Crippen LogP contribution in [0.4, 0.5) is 5.13 Å². The molecule has 0 saturated carbocycles. The van der Waals surface area contributed by atoms with E-state index in [0.717, 1.165) is 49.9 Å². The molecule has 2 aromatic rings. The van der Waals surface area contributed by atoms with Crippen molar-refractivity contribution in [1.82, 2.24) is 14.8 Å². The first-order valence-electron chi connectivity index (χ1n) is 9.43. The first-order chi connectivity index (χ1) is 12.3. The summed E-state index contributed by atoms with van der Waals surface area (Å²) in [6, 6.07) is 8.34. The van der Waals surface area contributed by atoms with E-state index >= 15 is 0 Å². The lowest BCUT2D eigenvalue weighted by Crippen LogP contribution is -2.48. The summed E-state index contributed by atoms with van der Waals surface area (Å²) in [5.41, 5.74) is 1.09. The van der Waals surface area contributed by atoms with Crippen molar-refractivity contribution in [3.05, 3.63) is 24.3 Å². The number of nitrogens with zero attached hydrogens (tertiary/aromatic N) is 4. The van der Waals surface area contributed by atoms with E-state index in [4.69, 9.17) is 4.98 Å². The second kappa shape index (κ2) is 7.58. The Balaban J connectivity index is 1.41. The first kappa shape index (κ1) is 17.2. The van der Waals surface area contributed by atoms with Crippen LogP contribution in [0.1, 0.15) is 6.92 Å².